The topological polar surface area (TPSA) is 55.0 Å². The number of H-pyrrole nitrogens is 1. The second-order valence-corrected chi connectivity index (χ2v) is 2.63. The van der Waals surface area contributed by atoms with Crippen LogP contribution in [0.4, 0.5) is 0 Å². The molecule has 0 fully saturated rings. The second-order valence-electron chi connectivity index (χ2n) is 2.63. The van der Waals surface area contributed by atoms with Gasteiger partial charge in [0.05, 0.1) is 12.7 Å². The molecule has 0 unspecified atom stereocenters. The number of hydrogen-bond donors (Lipinski definition) is 1. The Morgan fingerprint density at radius 2 is 2.38 bits per heavy atom. The maximum atomic E-state index is 10.6. The van der Waals surface area contributed by atoms with Crippen LogP contribution < -0.4 is 4.74 Å². The summed E-state index contributed by atoms with van der Waals surface area (Å²) in [5.41, 5.74) is 1.20. The van der Waals surface area contributed by atoms with Gasteiger partial charge in [-0.2, -0.15) is 5.10 Å². The molecule has 0 radical (unpaired) electrons. The smallest absolute Gasteiger partial charge is 0.157 e. The molecule has 0 saturated heterocycles. The van der Waals surface area contributed by atoms with Gasteiger partial charge in [-0.3, -0.25) is 9.89 Å². The van der Waals surface area contributed by atoms with Crippen molar-refractivity contribution in [2.45, 2.75) is 0 Å². The lowest BCUT2D eigenvalue weighted by Gasteiger charge is -2.02. The van der Waals surface area contributed by atoms with Crippen LogP contribution in [-0.2, 0) is 0 Å². The summed E-state index contributed by atoms with van der Waals surface area (Å²) in [5.74, 6) is 0.522. The van der Waals surface area contributed by atoms with Crippen LogP contribution in [0.3, 0.4) is 0 Å². The minimum absolute atomic E-state index is 0.516. The molecule has 0 spiro atoms. The van der Waals surface area contributed by atoms with Crippen LogP contribution in [0.25, 0.3) is 10.9 Å². The van der Waals surface area contributed by atoms with Crippen LogP contribution in [0.1, 0.15) is 10.4 Å². The van der Waals surface area contributed by atoms with E-state index in [-0.39, 0.29) is 0 Å². The van der Waals surface area contributed by atoms with Gasteiger partial charge in [0.1, 0.15) is 5.52 Å². The molecular formula is C9H8N2O2. The Morgan fingerprint density at radius 1 is 1.54 bits per heavy atom. The first-order valence-corrected chi connectivity index (χ1v) is 3.82. The fraction of sp³-hybridized carbons (Fsp3) is 0.111. The van der Waals surface area contributed by atoms with Gasteiger partial charge < -0.3 is 4.74 Å². The Morgan fingerprint density at radius 3 is 3.08 bits per heavy atom. The van der Waals surface area contributed by atoms with Gasteiger partial charge in [-0.05, 0) is 6.07 Å². The molecule has 4 heteroatoms. The average Bonchev–Trinajstić information content (AvgIpc) is 2.63. The van der Waals surface area contributed by atoms with Gasteiger partial charge in [-0.15, -0.1) is 0 Å². The van der Waals surface area contributed by atoms with Crippen LogP contribution in [0.15, 0.2) is 18.3 Å². The molecule has 0 amide bonds. The van der Waals surface area contributed by atoms with Crippen molar-refractivity contribution in [3.8, 4) is 5.75 Å². The van der Waals surface area contributed by atoms with Crippen molar-refractivity contribution in [1.82, 2.24) is 10.2 Å². The molecule has 0 aliphatic carbocycles. The van der Waals surface area contributed by atoms with Gasteiger partial charge in [0.2, 0.25) is 0 Å². The Kier molecular flexibility index (Phi) is 1.73. The standard InChI is InChI=1S/C9H8N2O2/c1-13-9-7(5-12)3-2-6-4-10-11-8(6)9/h2-5H,1H3,(H,10,11). The molecule has 1 N–H and O–H groups in total. The van der Waals surface area contributed by atoms with E-state index in [1.165, 1.54) is 7.11 Å². The maximum absolute atomic E-state index is 10.6. The summed E-state index contributed by atoms with van der Waals surface area (Å²) in [6.45, 7) is 0. The molecule has 1 heterocycles. The summed E-state index contributed by atoms with van der Waals surface area (Å²) in [5, 5.41) is 7.64. The molecule has 66 valence electrons. The first-order chi connectivity index (χ1) is 6.36. The summed E-state index contributed by atoms with van der Waals surface area (Å²) >= 11 is 0. The SMILES string of the molecule is COc1c(C=O)ccc2c[nH]nc12. The van der Waals surface area contributed by atoms with Gasteiger partial charge >= 0.3 is 0 Å². The Hall–Kier alpha value is -1.84. The van der Waals surface area contributed by atoms with Crippen LogP contribution in [0, 0.1) is 0 Å². The molecule has 0 saturated carbocycles. The number of methoxy groups -OCH3 is 1. The summed E-state index contributed by atoms with van der Waals surface area (Å²) < 4.78 is 5.09. The summed E-state index contributed by atoms with van der Waals surface area (Å²) in [6, 6.07) is 3.54. The fourth-order valence-corrected chi connectivity index (χ4v) is 1.31. The molecule has 2 rings (SSSR count). The van der Waals surface area contributed by atoms with E-state index < -0.39 is 0 Å². The highest BCUT2D eigenvalue weighted by atomic mass is 16.5. The first kappa shape index (κ1) is 7.79. The molecule has 0 atom stereocenters. The zero-order valence-electron chi connectivity index (χ0n) is 7.07. The van der Waals surface area contributed by atoms with Crippen LogP contribution in [0.2, 0.25) is 0 Å². The second kappa shape index (κ2) is 2.90. The van der Waals surface area contributed by atoms with Crippen LogP contribution >= 0.6 is 0 Å². The van der Waals surface area contributed by atoms with Crippen molar-refractivity contribution in [3.63, 3.8) is 0 Å². The third-order valence-corrected chi connectivity index (χ3v) is 1.92. The minimum atomic E-state index is 0.516. The molecule has 0 aliphatic heterocycles. The molecule has 1 aromatic heterocycles. The average molecular weight is 176 g/mol. The largest absolute Gasteiger partial charge is 0.494 e. The van der Waals surface area contributed by atoms with E-state index in [0.29, 0.717) is 16.8 Å². The Balaban J connectivity index is 2.81. The Labute approximate surface area is 74.5 Å². The summed E-state index contributed by atoms with van der Waals surface area (Å²) in [4.78, 5) is 10.6. The third-order valence-electron chi connectivity index (χ3n) is 1.92. The number of hydrogen-bond acceptors (Lipinski definition) is 3. The lowest BCUT2D eigenvalue weighted by atomic mass is 10.1. The molecular weight excluding hydrogens is 168 g/mol. The highest BCUT2D eigenvalue weighted by molar-refractivity contribution is 5.93. The van der Waals surface area contributed by atoms with Crippen LogP contribution in [0.5, 0.6) is 5.75 Å². The zero-order valence-corrected chi connectivity index (χ0v) is 7.07. The van der Waals surface area contributed by atoms with Crippen molar-refractivity contribution in [3.05, 3.63) is 23.9 Å². The number of carbonyl (C=O) groups excluding carboxylic acids is 1. The number of fused-ring (bicyclic) bond motifs is 1. The summed E-state index contributed by atoms with van der Waals surface area (Å²) in [6.07, 6.45) is 2.51. The highest BCUT2D eigenvalue weighted by Gasteiger charge is 2.08. The van der Waals surface area contributed by atoms with Crippen molar-refractivity contribution < 1.29 is 9.53 Å². The lowest BCUT2D eigenvalue weighted by molar-refractivity contribution is 0.112. The van der Waals surface area contributed by atoms with Crippen molar-refractivity contribution in [2.24, 2.45) is 0 Å². The van der Waals surface area contributed by atoms with Crippen molar-refractivity contribution in [1.29, 1.82) is 0 Å². The van der Waals surface area contributed by atoms with Gasteiger partial charge in [-0.1, -0.05) is 6.07 Å². The van der Waals surface area contributed by atoms with E-state index in [4.69, 9.17) is 4.74 Å². The van der Waals surface area contributed by atoms with E-state index in [9.17, 15) is 4.79 Å². The highest BCUT2D eigenvalue weighted by Crippen LogP contribution is 2.26. The number of aromatic nitrogens is 2. The number of benzene rings is 1. The van der Waals surface area contributed by atoms with Gasteiger partial charge in [-0.25, -0.2) is 0 Å². The number of nitrogens with one attached hydrogen (secondary N) is 1. The lowest BCUT2D eigenvalue weighted by Crippen LogP contribution is -1.91. The predicted molar refractivity (Wildman–Crippen MR) is 48.0 cm³/mol. The van der Waals surface area contributed by atoms with Crippen molar-refractivity contribution in [2.75, 3.05) is 7.11 Å². The predicted octanol–water partition coefficient (Wildman–Crippen LogP) is 1.38. The number of aromatic amines is 1. The Bertz CT molecular complexity index is 448. The van der Waals surface area contributed by atoms with Gasteiger partial charge in [0, 0.05) is 11.6 Å². The monoisotopic (exact) mass is 176 g/mol. The maximum Gasteiger partial charge on any atom is 0.157 e. The van der Waals surface area contributed by atoms with E-state index in [1.807, 2.05) is 6.07 Å². The van der Waals surface area contributed by atoms with E-state index >= 15 is 0 Å². The molecule has 13 heavy (non-hydrogen) atoms. The van der Waals surface area contributed by atoms with E-state index in [0.717, 1.165) is 11.7 Å². The number of carbonyl (C=O) groups is 1. The zero-order chi connectivity index (χ0) is 9.26. The first-order valence-electron chi connectivity index (χ1n) is 3.82. The summed E-state index contributed by atoms with van der Waals surface area (Å²) in [7, 11) is 1.52. The number of rotatable bonds is 2. The van der Waals surface area contributed by atoms with Crippen LogP contribution in [-0.4, -0.2) is 23.6 Å². The minimum Gasteiger partial charge on any atom is -0.494 e. The molecule has 2 aromatic rings. The van der Waals surface area contributed by atoms with Gasteiger partial charge in [0.15, 0.2) is 12.0 Å². The van der Waals surface area contributed by atoms with E-state index in [2.05, 4.69) is 10.2 Å². The number of nitrogens with zero attached hydrogens (tertiary/aromatic N) is 1. The quantitative estimate of drug-likeness (QED) is 0.703. The molecule has 0 bridgehead atoms. The van der Waals surface area contributed by atoms with E-state index in [1.54, 1.807) is 12.3 Å². The fourth-order valence-electron chi connectivity index (χ4n) is 1.31. The van der Waals surface area contributed by atoms with Gasteiger partial charge in [0.25, 0.3) is 0 Å². The normalized spacial score (nSPS) is 10.2. The molecule has 4 nitrogen and oxygen atoms in total. The molecule has 0 aliphatic rings. The molecule has 1 aromatic carbocycles. The van der Waals surface area contributed by atoms with Crippen molar-refractivity contribution >= 4 is 17.2 Å². The number of ether oxygens (including phenoxy) is 1. The third kappa shape index (κ3) is 1.07. The number of aldehydes is 1.